The van der Waals surface area contributed by atoms with Gasteiger partial charge in [-0.25, -0.2) is 24.1 Å². The number of imide groups is 1. The number of pyridine rings is 3. The molecule has 0 radical (unpaired) electrons. The number of urea groups is 1. The highest BCUT2D eigenvalue weighted by Crippen LogP contribution is 2.30. The molecular formula is C51H59N15O8. The monoisotopic (exact) mass is 1010 g/mol. The number of nitrogens with two attached hydrogens (primary N) is 1. The molecule has 386 valence electrons. The Morgan fingerprint density at radius 2 is 1.62 bits per heavy atom. The van der Waals surface area contributed by atoms with E-state index in [9.17, 15) is 33.6 Å². The van der Waals surface area contributed by atoms with Crippen LogP contribution in [0, 0.1) is 12.8 Å². The lowest BCUT2D eigenvalue weighted by Crippen LogP contribution is -2.54. The fourth-order valence-corrected chi connectivity index (χ4v) is 7.91. The fraction of sp³-hybridized carbons (Fsp3) is 0.333. The second kappa shape index (κ2) is 25.4. The van der Waals surface area contributed by atoms with E-state index in [1.165, 1.54) is 18.5 Å². The smallest absolute Gasteiger partial charge is 0.407 e. The molecule has 23 heteroatoms. The third kappa shape index (κ3) is 15.0. The van der Waals surface area contributed by atoms with E-state index in [4.69, 9.17) is 20.4 Å². The Morgan fingerprint density at radius 3 is 2.38 bits per heavy atom. The van der Waals surface area contributed by atoms with Gasteiger partial charge in [-0.05, 0) is 92.1 Å². The summed E-state index contributed by atoms with van der Waals surface area (Å²) in [6, 6.07) is 15.4. The second-order valence-corrected chi connectivity index (χ2v) is 17.9. The first-order chi connectivity index (χ1) is 35.7. The first kappa shape index (κ1) is 52.8. The van der Waals surface area contributed by atoms with Crippen LogP contribution in [0.4, 0.5) is 21.0 Å². The molecule has 0 saturated heterocycles. The third-order valence-electron chi connectivity index (χ3n) is 11.8. The normalized spacial score (nSPS) is 12.9. The van der Waals surface area contributed by atoms with Crippen molar-refractivity contribution in [2.24, 2.45) is 11.7 Å². The van der Waals surface area contributed by atoms with Gasteiger partial charge in [0, 0.05) is 73.7 Å². The number of imidazole rings is 1. The molecule has 23 nitrogen and oxygen atoms in total. The zero-order valence-electron chi connectivity index (χ0n) is 41.2. The number of ether oxygens (including phenoxy) is 1. The molecule has 5 aromatic heterocycles. The van der Waals surface area contributed by atoms with Crippen molar-refractivity contribution in [1.82, 2.24) is 60.7 Å². The Labute approximate surface area is 425 Å². The summed E-state index contributed by atoms with van der Waals surface area (Å²) in [6.45, 7) is 6.28. The number of unbranched alkanes of at least 4 members (excludes halogenated alkanes) is 2. The zero-order valence-corrected chi connectivity index (χ0v) is 41.2. The minimum absolute atomic E-state index is 0.0655. The molecule has 7 rings (SSSR count). The number of nitrogens with one attached hydrogen (secondary N) is 7. The van der Waals surface area contributed by atoms with E-state index in [0.29, 0.717) is 60.7 Å². The SMILES string of the molecule is Cc1cccc(-c2nc(CNc3cncc(CNC(=O)OCc4ccc(NC(=O)C(CCCNC(N)=O)NC(=O)[C@@H](NC(=O)CCCCCN5C(=O)C=CC5=O)C(C)C)cc4)c3)[nH]c2-c2ccc3ncnn3c2)n1. The van der Waals surface area contributed by atoms with Crippen LogP contribution in [0.15, 0.2) is 97.7 Å². The number of aromatic amines is 1. The first-order valence-corrected chi connectivity index (χ1v) is 24.2. The molecule has 1 aliphatic rings. The number of carbonyl (C=O) groups is 7. The van der Waals surface area contributed by atoms with E-state index in [1.54, 1.807) is 55.0 Å². The number of rotatable bonds is 25. The average molecular weight is 1010 g/mol. The van der Waals surface area contributed by atoms with E-state index in [2.05, 4.69) is 52.0 Å². The number of fused-ring (bicyclic) bond motifs is 1. The van der Waals surface area contributed by atoms with Crippen LogP contribution in [0.2, 0.25) is 0 Å². The van der Waals surface area contributed by atoms with Gasteiger partial charge in [-0.1, -0.05) is 38.5 Å². The molecule has 6 aromatic rings. The van der Waals surface area contributed by atoms with Crippen LogP contribution >= 0.6 is 0 Å². The highest BCUT2D eigenvalue weighted by atomic mass is 16.5. The Kier molecular flexibility index (Phi) is 18.1. The highest BCUT2D eigenvalue weighted by molar-refractivity contribution is 6.12. The number of nitrogens with zero attached hydrogens (tertiary/aromatic N) is 7. The van der Waals surface area contributed by atoms with Crippen LogP contribution < -0.4 is 37.6 Å². The average Bonchev–Trinajstić information content (AvgIpc) is 4.13. The fourth-order valence-electron chi connectivity index (χ4n) is 7.91. The van der Waals surface area contributed by atoms with Crippen LogP contribution in [0.1, 0.15) is 75.0 Å². The standard InChI is InChI=1S/C51H59N15O8/c1-31(2)45(64-42(67)12-5-4-6-22-65-43(68)19-20-44(65)69)49(71)61-39(11-8-21-54-50(52)72)48(70)60-36-16-13-33(14-17-36)29-74-51(73)56-25-34-23-37(26-53-24-34)55-27-40-62-46(35-15-18-41-57-30-58-66(41)28-35)47(63-40)38-10-7-9-32(3)59-38/h7,9-10,13-20,23-24,26,28,30-31,39,45,55H,4-6,8,11-12,21-22,25,27,29H2,1-3H3,(H,56,73)(H,60,70)(H,61,71)(H,62,63)(H,64,67)(H3,52,54,72)/t39?,45-/m0/s1. The molecule has 1 unspecified atom stereocenters. The molecule has 1 aromatic carbocycles. The zero-order chi connectivity index (χ0) is 52.6. The van der Waals surface area contributed by atoms with E-state index in [-0.39, 0.29) is 62.7 Å². The summed E-state index contributed by atoms with van der Waals surface area (Å²) in [5.41, 5.74) is 12.3. The summed E-state index contributed by atoms with van der Waals surface area (Å²) in [4.78, 5) is 110. The molecule has 0 aliphatic carbocycles. The van der Waals surface area contributed by atoms with Gasteiger partial charge in [0.25, 0.3) is 11.8 Å². The number of benzene rings is 1. The van der Waals surface area contributed by atoms with Gasteiger partial charge in [0.15, 0.2) is 5.65 Å². The topological polar surface area (TPSA) is 315 Å². The minimum Gasteiger partial charge on any atom is -0.445 e. The number of anilines is 2. The maximum absolute atomic E-state index is 13.6. The second-order valence-electron chi connectivity index (χ2n) is 17.9. The molecule has 0 spiro atoms. The predicted molar refractivity (Wildman–Crippen MR) is 272 cm³/mol. The molecule has 0 fully saturated rings. The van der Waals surface area contributed by atoms with E-state index < -0.39 is 36.0 Å². The highest BCUT2D eigenvalue weighted by Gasteiger charge is 2.29. The van der Waals surface area contributed by atoms with Crippen molar-refractivity contribution in [3.05, 3.63) is 120 Å². The van der Waals surface area contributed by atoms with Crippen LogP contribution in [-0.4, -0.2) is 106 Å². The molecular weight excluding hydrogens is 951 g/mol. The lowest BCUT2D eigenvalue weighted by molar-refractivity contribution is -0.137. The number of primary amides is 1. The molecule has 6 heterocycles. The molecule has 1 aliphatic heterocycles. The predicted octanol–water partition coefficient (Wildman–Crippen LogP) is 4.42. The van der Waals surface area contributed by atoms with Crippen molar-refractivity contribution < 1.29 is 38.3 Å². The van der Waals surface area contributed by atoms with Crippen LogP contribution in [0.25, 0.3) is 28.3 Å². The lowest BCUT2D eigenvalue weighted by Gasteiger charge is -2.25. The summed E-state index contributed by atoms with van der Waals surface area (Å²) in [6.07, 6.45) is 10.6. The maximum atomic E-state index is 13.6. The van der Waals surface area contributed by atoms with Crippen LogP contribution in [0.5, 0.6) is 0 Å². The van der Waals surface area contributed by atoms with Gasteiger partial charge in [-0.15, -0.1) is 0 Å². The largest absolute Gasteiger partial charge is 0.445 e. The molecule has 0 saturated carbocycles. The van der Waals surface area contributed by atoms with Gasteiger partial charge >= 0.3 is 12.1 Å². The minimum atomic E-state index is -1.05. The summed E-state index contributed by atoms with van der Waals surface area (Å²) >= 11 is 0. The summed E-state index contributed by atoms with van der Waals surface area (Å²) in [7, 11) is 0. The van der Waals surface area contributed by atoms with Gasteiger partial charge in [0.1, 0.15) is 36.5 Å². The first-order valence-electron chi connectivity index (χ1n) is 24.2. The van der Waals surface area contributed by atoms with E-state index in [0.717, 1.165) is 38.8 Å². The Bertz CT molecular complexity index is 2990. The number of aromatic nitrogens is 7. The summed E-state index contributed by atoms with van der Waals surface area (Å²) < 4.78 is 7.15. The van der Waals surface area contributed by atoms with Gasteiger partial charge in [0.05, 0.1) is 23.6 Å². The van der Waals surface area contributed by atoms with E-state index in [1.807, 2.05) is 49.5 Å². The quantitative estimate of drug-likeness (QED) is 0.0291. The number of hydrogen-bond donors (Lipinski definition) is 8. The molecule has 0 bridgehead atoms. The number of H-pyrrole nitrogens is 1. The van der Waals surface area contributed by atoms with Gasteiger partial charge in [0.2, 0.25) is 17.7 Å². The maximum Gasteiger partial charge on any atom is 0.407 e. The number of amides is 8. The number of carbonyl (C=O) groups excluding carboxylic acids is 7. The van der Waals surface area contributed by atoms with Crippen molar-refractivity contribution in [2.45, 2.75) is 91.1 Å². The van der Waals surface area contributed by atoms with Crippen LogP contribution in [0.3, 0.4) is 0 Å². The van der Waals surface area contributed by atoms with Gasteiger partial charge in [-0.3, -0.25) is 38.8 Å². The third-order valence-corrected chi connectivity index (χ3v) is 11.8. The molecule has 8 amide bonds. The molecule has 9 N–H and O–H groups in total. The van der Waals surface area contributed by atoms with Crippen molar-refractivity contribution in [1.29, 1.82) is 0 Å². The van der Waals surface area contributed by atoms with Gasteiger partial charge < -0.3 is 47.4 Å². The number of aryl methyl sites for hydroxylation is 1. The molecule has 2 atom stereocenters. The Hall–Kier alpha value is -9.02. The van der Waals surface area contributed by atoms with E-state index >= 15 is 0 Å². The summed E-state index contributed by atoms with van der Waals surface area (Å²) in [5.74, 6) is -1.84. The van der Waals surface area contributed by atoms with Crippen LogP contribution in [-0.2, 0) is 48.4 Å². The summed E-state index contributed by atoms with van der Waals surface area (Å²) in [5, 5.41) is 21.2. The lowest BCUT2D eigenvalue weighted by atomic mass is 10.0. The van der Waals surface area contributed by atoms with Gasteiger partial charge in [-0.2, -0.15) is 5.10 Å². The number of hydrogen-bond acceptors (Lipinski definition) is 14. The number of alkyl carbamates (subject to hydrolysis) is 1. The van der Waals surface area contributed by atoms with Crippen molar-refractivity contribution in [3.8, 4) is 22.6 Å². The van der Waals surface area contributed by atoms with Crippen molar-refractivity contribution >= 4 is 58.7 Å². The molecule has 74 heavy (non-hydrogen) atoms. The Morgan fingerprint density at radius 1 is 0.824 bits per heavy atom. The van der Waals surface area contributed by atoms with Crippen molar-refractivity contribution in [3.63, 3.8) is 0 Å². The van der Waals surface area contributed by atoms with Crippen molar-refractivity contribution in [2.75, 3.05) is 23.7 Å². The Balaban J connectivity index is 0.868.